The molecule has 0 spiro atoms. The number of rotatable bonds is 2. The Balaban J connectivity index is 1.63. The molecule has 2 fully saturated rings. The Hall–Kier alpha value is -1.53. The van der Waals surface area contributed by atoms with E-state index in [1.54, 1.807) is 11.8 Å². The van der Waals surface area contributed by atoms with E-state index in [1.165, 1.54) is 0 Å². The van der Waals surface area contributed by atoms with Crippen LogP contribution in [0.3, 0.4) is 0 Å². The summed E-state index contributed by atoms with van der Waals surface area (Å²) in [4.78, 5) is 19.6. The zero-order chi connectivity index (χ0) is 16.7. The number of amides is 1. The van der Waals surface area contributed by atoms with Crippen molar-refractivity contribution in [2.75, 3.05) is 19.3 Å². The fraction of sp³-hybridized carbons (Fsp3) is 0.556. The number of aromatic nitrogens is 2. The molecule has 1 aliphatic heterocycles. The third-order valence-electron chi connectivity index (χ3n) is 5.62. The highest BCUT2D eigenvalue weighted by atomic mass is 32.2. The molecule has 1 amide bonds. The van der Waals surface area contributed by atoms with Crippen LogP contribution < -0.4 is 0 Å². The van der Waals surface area contributed by atoms with E-state index in [9.17, 15) is 9.90 Å². The van der Waals surface area contributed by atoms with Gasteiger partial charge in [0.1, 0.15) is 0 Å². The van der Waals surface area contributed by atoms with Crippen molar-refractivity contribution < 1.29 is 9.90 Å². The molecule has 0 aromatic carbocycles. The largest absolute Gasteiger partial charge is 0.389 e. The van der Waals surface area contributed by atoms with Gasteiger partial charge in [0.25, 0.3) is 5.91 Å². The Morgan fingerprint density at radius 2 is 2.25 bits per heavy atom. The number of aliphatic hydroxyl groups is 1. The summed E-state index contributed by atoms with van der Waals surface area (Å²) in [6, 6.07) is 5.83. The first-order chi connectivity index (χ1) is 11.6. The minimum absolute atomic E-state index is 0.00776. The standard InChI is InChI=1S/C18H23N3O2S/c1-24-17-19-15(14-7-3-5-10-21(14)17)16(22)20-11-9-18(23)8-4-2-6-13(18)12-20/h3,5,7,10,13,23H,2,4,6,8-9,11-12H2,1H3/t13-,18+/m0/s1. The van der Waals surface area contributed by atoms with E-state index in [1.807, 2.05) is 40.0 Å². The monoisotopic (exact) mass is 345 g/mol. The van der Waals surface area contributed by atoms with E-state index in [0.717, 1.165) is 36.4 Å². The predicted octanol–water partition coefficient (Wildman–Crippen LogP) is 2.82. The lowest BCUT2D eigenvalue weighted by atomic mass is 9.71. The highest BCUT2D eigenvalue weighted by Crippen LogP contribution is 2.40. The predicted molar refractivity (Wildman–Crippen MR) is 94.4 cm³/mol. The molecule has 1 saturated heterocycles. The third kappa shape index (κ3) is 2.52. The van der Waals surface area contributed by atoms with Gasteiger partial charge in [-0.25, -0.2) is 4.98 Å². The van der Waals surface area contributed by atoms with Gasteiger partial charge >= 0.3 is 0 Å². The van der Waals surface area contributed by atoms with Gasteiger partial charge in [-0.15, -0.1) is 0 Å². The van der Waals surface area contributed by atoms with E-state index in [4.69, 9.17) is 0 Å². The molecule has 2 aromatic heterocycles. The second-order valence-electron chi connectivity index (χ2n) is 6.95. The minimum atomic E-state index is -0.560. The summed E-state index contributed by atoms with van der Waals surface area (Å²) in [6.07, 6.45) is 8.75. The molecule has 1 N–H and O–H groups in total. The van der Waals surface area contributed by atoms with Crippen molar-refractivity contribution in [3.8, 4) is 0 Å². The lowest BCUT2D eigenvalue weighted by molar-refractivity contribution is -0.0886. The Kier molecular flexibility index (Phi) is 4.04. The molecule has 2 aromatic rings. The Bertz CT molecular complexity index is 775. The maximum Gasteiger partial charge on any atom is 0.274 e. The number of nitrogens with zero attached hydrogens (tertiary/aromatic N) is 3. The number of pyridine rings is 1. The second kappa shape index (κ2) is 6.08. The summed E-state index contributed by atoms with van der Waals surface area (Å²) in [7, 11) is 0. The normalized spacial score (nSPS) is 27.2. The molecule has 0 radical (unpaired) electrons. The number of hydrogen-bond acceptors (Lipinski definition) is 4. The lowest BCUT2D eigenvalue weighted by Crippen LogP contribution is -2.54. The SMILES string of the molecule is CSc1nc(C(=O)N2CC[C@]3(O)CCCC[C@H]3C2)c2ccccn12. The van der Waals surface area contributed by atoms with Gasteiger partial charge in [-0.1, -0.05) is 30.7 Å². The number of hydrogen-bond donors (Lipinski definition) is 1. The van der Waals surface area contributed by atoms with Crippen molar-refractivity contribution in [2.45, 2.75) is 42.9 Å². The molecule has 128 valence electrons. The Morgan fingerprint density at radius 1 is 1.38 bits per heavy atom. The fourth-order valence-corrected chi connectivity index (χ4v) is 4.75. The number of carbonyl (C=O) groups excluding carboxylic acids is 1. The zero-order valence-electron chi connectivity index (χ0n) is 13.9. The molecule has 3 heterocycles. The van der Waals surface area contributed by atoms with Crippen molar-refractivity contribution >= 4 is 23.2 Å². The maximum absolute atomic E-state index is 13.1. The van der Waals surface area contributed by atoms with Crippen molar-refractivity contribution in [1.29, 1.82) is 0 Å². The molecule has 0 unspecified atom stereocenters. The molecule has 0 bridgehead atoms. The van der Waals surface area contributed by atoms with Crippen LogP contribution in [0.5, 0.6) is 0 Å². The summed E-state index contributed by atoms with van der Waals surface area (Å²) in [5.41, 5.74) is 0.827. The van der Waals surface area contributed by atoms with Gasteiger partial charge in [-0.3, -0.25) is 9.20 Å². The van der Waals surface area contributed by atoms with Crippen LogP contribution in [0, 0.1) is 5.92 Å². The molecule has 2 atom stereocenters. The molecule has 5 nitrogen and oxygen atoms in total. The van der Waals surface area contributed by atoms with E-state index in [2.05, 4.69) is 4.98 Å². The molecule has 1 saturated carbocycles. The quantitative estimate of drug-likeness (QED) is 0.851. The first kappa shape index (κ1) is 16.0. The highest BCUT2D eigenvalue weighted by Gasteiger charge is 2.44. The number of fused-ring (bicyclic) bond motifs is 2. The molecule has 4 rings (SSSR count). The van der Waals surface area contributed by atoms with Gasteiger partial charge in [0.2, 0.25) is 0 Å². The summed E-state index contributed by atoms with van der Waals surface area (Å²) in [5.74, 6) is 0.199. The van der Waals surface area contributed by atoms with E-state index >= 15 is 0 Å². The summed E-state index contributed by atoms with van der Waals surface area (Å²) in [5, 5.41) is 11.6. The van der Waals surface area contributed by atoms with Gasteiger partial charge in [-0.05, 0) is 37.7 Å². The molecule has 1 aliphatic carbocycles. The highest BCUT2D eigenvalue weighted by molar-refractivity contribution is 7.98. The Morgan fingerprint density at radius 3 is 3.08 bits per heavy atom. The first-order valence-corrected chi connectivity index (χ1v) is 9.87. The molecular weight excluding hydrogens is 322 g/mol. The van der Waals surface area contributed by atoms with Gasteiger partial charge in [0.15, 0.2) is 10.9 Å². The number of likely N-dealkylation sites (tertiary alicyclic amines) is 1. The summed E-state index contributed by atoms with van der Waals surface area (Å²) < 4.78 is 1.97. The maximum atomic E-state index is 13.1. The number of piperidine rings is 1. The number of imidazole rings is 1. The van der Waals surface area contributed by atoms with Crippen LogP contribution in [0.15, 0.2) is 29.6 Å². The fourth-order valence-electron chi connectivity index (χ4n) is 4.22. The van der Waals surface area contributed by atoms with Gasteiger partial charge in [0.05, 0.1) is 11.1 Å². The minimum Gasteiger partial charge on any atom is -0.389 e. The van der Waals surface area contributed by atoms with Gasteiger partial charge in [0, 0.05) is 25.2 Å². The lowest BCUT2D eigenvalue weighted by Gasteiger charge is -2.47. The van der Waals surface area contributed by atoms with E-state index in [0.29, 0.717) is 25.2 Å². The van der Waals surface area contributed by atoms with Crippen LogP contribution >= 0.6 is 11.8 Å². The van der Waals surface area contributed by atoms with Crippen LogP contribution in [-0.2, 0) is 0 Å². The second-order valence-corrected chi connectivity index (χ2v) is 7.72. The van der Waals surface area contributed by atoms with Crippen LogP contribution in [0.25, 0.3) is 5.52 Å². The van der Waals surface area contributed by atoms with Crippen LogP contribution in [0.2, 0.25) is 0 Å². The summed E-state index contributed by atoms with van der Waals surface area (Å²) >= 11 is 1.54. The van der Waals surface area contributed by atoms with Crippen LogP contribution in [-0.4, -0.2) is 50.2 Å². The average molecular weight is 345 g/mol. The zero-order valence-corrected chi connectivity index (χ0v) is 14.8. The third-order valence-corrected chi connectivity index (χ3v) is 6.27. The molecule has 2 aliphatic rings. The smallest absolute Gasteiger partial charge is 0.274 e. The number of carbonyl (C=O) groups is 1. The number of thioether (sulfide) groups is 1. The van der Waals surface area contributed by atoms with Crippen LogP contribution in [0.1, 0.15) is 42.6 Å². The van der Waals surface area contributed by atoms with E-state index in [-0.39, 0.29) is 11.8 Å². The molecule has 6 heteroatoms. The topological polar surface area (TPSA) is 57.8 Å². The van der Waals surface area contributed by atoms with Crippen molar-refractivity contribution in [3.05, 3.63) is 30.1 Å². The van der Waals surface area contributed by atoms with E-state index < -0.39 is 5.60 Å². The average Bonchev–Trinajstić information content (AvgIpc) is 2.99. The first-order valence-electron chi connectivity index (χ1n) is 8.65. The van der Waals surface area contributed by atoms with Gasteiger partial charge in [-0.2, -0.15) is 0 Å². The molecular formula is C18H23N3O2S. The molecule has 24 heavy (non-hydrogen) atoms. The van der Waals surface area contributed by atoms with Crippen molar-refractivity contribution in [1.82, 2.24) is 14.3 Å². The summed E-state index contributed by atoms with van der Waals surface area (Å²) in [6.45, 7) is 1.27. The van der Waals surface area contributed by atoms with Crippen molar-refractivity contribution in [3.63, 3.8) is 0 Å². The van der Waals surface area contributed by atoms with Crippen LogP contribution in [0.4, 0.5) is 0 Å². The Labute approximate surface area is 146 Å². The van der Waals surface area contributed by atoms with Gasteiger partial charge < -0.3 is 10.0 Å². The van der Waals surface area contributed by atoms with Crippen molar-refractivity contribution in [2.24, 2.45) is 5.92 Å².